The molecule has 1 heterocycles. The first-order valence-electron chi connectivity index (χ1n) is 5.54. The Labute approximate surface area is 99.5 Å². The Balaban J connectivity index is 2.37. The van der Waals surface area contributed by atoms with Gasteiger partial charge < -0.3 is 14.5 Å². The van der Waals surface area contributed by atoms with E-state index in [0.29, 0.717) is 6.61 Å². The number of methoxy groups -OCH3 is 1. The predicted octanol–water partition coefficient (Wildman–Crippen LogP) is 2.28. The summed E-state index contributed by atoms with van der Waals surface area (Å²) in [4.78, 5) is 14.6. The van der Waals surface area contributed by atoms with Crippen molar-refractivity contribution in [3.8, 4) is 5.75 Å². The van der Waals surface area contributed by atoms with Crippen LogP contribution in [0.5, 0.6) is 5.75 Å². The molecular weight excluding hydrogens is 218 g/mol. The lowest BCUT2D eigenvalue weighted by molar-refractivity contribution is -0.142. The van der Waals surface area contributed by atoms with Crippen LogP contribution in [0.4, 0.5) is 0 Å². The molecule has 17 heavy (non-hydrogen) atoms. The van der Waals surface area contributed by atoms with E-state index in [-0.39, 0.29) is 12.4 Å². The molecule has 1 aromatic carbocycles. The monoisotopic (exact) mass is 233 g/mol. The van der Waals surface area contributed by atoms with Gasteiger partial charge in [0.05, 0.1) is 20.1 Å². The summed E-state index contributed by atoms with van der Waals surface area (Å²) < 4.78 is 10.2. The second-order valence-corrected chi connectivity index (χ2v) is 3.68. The molecule has 0 amide bonds. The van der Waals surface area contributed by atoms with Crippen LogP contribution in [-0.4, -0.2) is 24.7 Å². The molecule has 1 aromatic heterocycles. The molecule has 0 aliphatic carbocycles. The minimum atomic E-state index is -0.223. The number of carbonyl (C=O) groups is 1. The molecule has 0 aliphatic heterocycles. The van der Waals surface area contributed by atoms with Crippen molar-refractivity contribution in [2.24, 2.45) is 0 Å². The maximum Gasteiger partial charge on any atom is 0.310 e. The van der Waals surface area contributed by atoms with Gasteiger partial charge in [-0.25, -0.2) is 0 Å². The highest BCUT2D eigenvalue weighted by molar-refractivity contribution is 5.92. The summed E-state index contributed by atoms with van der Waals surface area (Å²) in [7, 11) is 1.62. The van der Waals surface area contributed by atoms with Crippen LogP contribution in [0.1, 0.15) is 12.5 Å². The number of hydrogen-bond acceptors (Lipinski definition) is 3. The molecule has 0 spiro atoms. The van der Waals surface area contributed by atoms with E-state index in [2.05, 4.69) is 4.98 Å². The lowest BCUT2D eigenvalue weighted by Gasteiger charge is -2.04. The first kappa shape index (κ1) is 11.5. The average molecular weight is 233 g/mol. The van der Waals surface area contributed by atoms with Crippen molar-refractivity contribution in [3.05, 3.63) is 30.0 Å². The van der Waals surface area contributed by atoms with Crippen LogP contribution in [0, 0.1) is 0 Å². The third kappa shape index (κ3) is 2.25. The van der Waals surface area contributed by atoms with Crippen molar-refractivity contribution in [2.75, 3.05) is 13.7 Å². The fourth-order valence-electron chi connectivity index (χ4n) is 1.90. The quantitative estimate of drug-likeness (QED) is 0.824. The maximum atomic E-state index is 11.5. The summed E-state index contributed by atoms with van der Waals surface area (Å²) >= 11 is 0. The molecular formula is C13H15NO3. The summed E-state index contributed by atoms with van der Waals surface area (Å²) in [5.41, 5.74) is 1.86. The predicted molar refractivity (Wildman–Crippen MR) is 65.2 cm³/mol. The zero-order valence-corrected chi connectivity index (χ0v) is 9.95. The number of nitrogens with one attached hydrogen (secondary N) is 1. The molecule has 0 unspecified atom stereocenters. The summed E-state index contributed by atoms with van der Waals surface area (Å²) in [6.45, 7) is 2.20. The van der Waals surface area contributed by atoms with Crippen LogP contribution in [0.25, 0.3) is 10.9 Å². The van der Waals surface area contributed by atoms with E-state index in [1.165, 1.54) is 0 Å². The van der Waals surface area contributed by atoms with Crippen molar-refractivity contribution in [1.29, 1.82) is 0 Å². The first-order valence-corrected chi connectivity index (χ1v) is 5.54. The van der Waals surface area contributed by atoms with Crippen LogP contribution < -0.4 is 4.74 Å². The number of aromatic nitrogens is 1. The molecule has 0 fully saturated rings. The highest BCUT2D eigenvalue weighted by Crippen LogP contribution is 2.28. The van der Waals surface area contributed by atoms with E-state index >= 15 is 0 Å². The van der Waals surface area contributed by atoms with Crippen LogP contribution in [-0.2, 0) is 16.0 Å². The molecule has 90 valence electrons. The molecule has 0 saturated heterocycles. The van der Waals surface area contributed by atoms with Gasteiger partial charge >= 0.3 is 5.97 Å². The van der Waals surface area contributed by atoms with Gasteiger partial charge in [0.25, 0.3) is 0 Å². The van der Waals surface area contributed by atoms with Crippen molar-refractivity contribution in [3.63, 3.8) is 0 Å². The summed E-state index contributed by atoms with van der Waals surface area (Å²) in [5, 5.41) is 0.947. The van der Waals surface area contributed by atoms with Gasteiger partial charge in [-0.1, -0.05) is 6.07 Å². The van der Waals surface area contributed by atoms with E-state index in [1.54, 1.807) is 14.0 Å². The van der Waals surface area contributed by atoms with E-state index in [0.717, 1.165) is 22.2 Å². The van der Waals surface area contributed by atoms with Gasteiger partial charge in [-0.15, -0.1) is 0 Å². The highest BCUT2D eigenvalue weighted by atomic mass is 16.5. The molecule has 2 rings (SSSR count). The Bertz CT molecular complexity index is 530. The molecule has 4 nitrogen and oxygen atoms in total. The molecule has 0 saturated carbocycles. The SMILES string of the molecule is CCOC(=O)Cc1c[nH]c2cccc(OC)c12. The Morgan fingerprint density at radius 2 is 2.24 bits per heavy atom. The zero-order valence-electron chi connectivity index (χ0n) is 9.95. The largest absolute Gasteiger partial charge is 0.496 e. The van der Waals surface area contributed by atoms with Gasteiger partial charge in [-0.3, -0.25) is 4.79 Å². The van der Waals surface area contributed by atoms with E-state index in [9.17, 15) is 4.79 Å². The molecule has 1 N–H and O–H groups in total. The summed E-state index contributed by atoms with van der Waals surface area (Å²) in [5.74, 6) is 0.544. The van der Waals surface area contributed by atoms with Gasteiger partial charge in [0, 0.05) is 17.1 Å². The molecule has 0 radical (unpaired) electrons. The second kappa shape index (κ2) is 4.91. The third-order valence-corrected chi connectivity index (χ3v) is 2.61. The van der Waals surface area contributed by atoms with E-state index in [4.69, 9.17) is 9.47 Å². The fraction of sp³-hybridized carbons (Fsp3) is 0.308. The lowest BCUT2D eigenvalue weighted by Crippen LogP contribution is -2.07. The standard InChI is InChI=1S/C13H15NO3/c1-3-17-12(15)7-9-8-14-10-5-4-6-11(16-2)13(9)10/h4-6,8,14H,3,7H2,1-2H3. The number of esters is 1. The van der Waals surface area contributed by atoms with Crippen molar-refractivity contribution < 1.29 is 14.3 Å². The Kier molecular flexibility index (Phi) is 3.32. The number of rotatable bonds is 4. The van der Waals surface area contributed by atoms with Crippen molar-refractivity contribution in [2.45, 2.75) is 13.3 Å². The Hall–Kier alpha value is -1.97. The first-order chi connectivity index (χ1) is 8.26. The number of benzene rings is 1. The number of aromatic amines is 1. The van der Waals surface area contributed by atoms with Crippen LogP contribution in [0.15, 0.2) is 24.4 Å². The minimum Gasteiger partial charge on any atom is -0.496 e. The van der Waals surface area contributed by atoms with Gasteiger partial charge in [-0.05, 0) is 24.6 Å². The number of ether oxygens (including phenoxy) is 2. The van der Waals surface area contributed by atoms with Gasteiger partial charge in [0.1, 0.15) is 5.75 Å². The van der Waals surface area contributed by atoms with Crippen LogP contribution in [0.3, 0.4) is 0 Å². The molecule has 4 heteroatoms. The molecule has 0 bridgehead atoms. The second-order valence-electron chi connectivity index (χ2n) is 3.68. The Morgan fingerprint density at radius 1 is 1.41 bits per heavy atom. The fourth-order valence-corrected chi connectivity index (χ4v) is 1.90. The molecule has 0 aliphatic rings. The minimum absolute atomic E-state index is 0.223. The third-order valence-electron chi connectivity index (χ3n) is 2.61. The molecule has 0 atom stereocenters. The average Bonchev–Trinajstić information content (AvgIpc) is 2.73. The molecule has 2 aromatic rings. The van der Waals surface area contributed by atoms with Crippen LogP contribution in [0.2, 0.25) is 0 Å². The van der Waals surface area contributed by atoms with Crippen molar-refractivity contribution in [1.82, 2.24) is 4.98 Å². The number of H-pyrrole nitrogens is 1. The smallest absolute Gasteiger partial charge is 0.310 e. The summed E-state index contributed by atoms with van der Waals surface area (Å²) in [6.07, 6.45) is 2.08. The Morgan fingerprint density at radius 3 is 2.94 bits per heavy atom. The highest BCUT2D eigenvalue weighted by Gasteiger charge is 2.12. The number of hydrogen-bond donors (Lipinski definition) is 1. The van der Waals surface area contributed by atoms with Gasteiger partial charge in [-0.2, -0.15) is 0 Å². The normalized spacial score (nSPS) is 10.5. The van der Waals surface area contributed by atoms with Gasteiger partial charge in [0.2, 0.25) is 0 Å². The zero-order chi connectivity index (χ0) is 12.3. The van der Waals surface area contributed by atoms with Crippen molar-refractivity contribution >= 4 is 16.9 Å². The topological polar surface area (TPSA) is 51.3 Å². The van der Waals surface area contributed by atoms with Crippen LogP contribution >= 0.6 is 0 Å². The lowest BCUT2D eigenvalue weighted by atomic mass is 10.1. The maximum absolute atomic E-state index is 11.5. The van der Waals surface area contributed by atoms with E-state index < -0.39 is 0 Å². The number of fused-ring (bicyclic) bond motifs is 1. The van der Waals surface area contributed by atoms with Gasteiger partial charge in [0.15, 0.2) is 0 Å². The van der Waals surface area contributed by atoms with E-state index in [1.807, 2.05) is 24.4 Å². The summed E-state index contributed by atoms with van der Waals surface area (Å²) in [6, 6.07) is 5.74. The number of carbonyl (C=O) groups excluding carboxylic acids is 1.